The number of carboxylic acid groups (broad SMARTS) is 1. The SMILES string of the molecule is COc1ccc(NC(=O)C2(N)CCCC2)c(C(=O)O)c1. The molecule has 1 aliphatic rings. The first-order valence-corrected chi connectivity index (χ1v) is 6.48. The van der Waals surface area contributed by atoms with Crippen LogP contribution in [0.5, 0.6) is 5.75 Å². The molecule has 6 heteroatoms. The minimum Gasteiger partial charge on any atom is -0.497 e. The van der Waals surface area contributed by atoms with Crippen LogP contribution in [0, 0.1) is 0 Å². The molecule has 4 N–H and O–H groups in total. The average Bonchev–Trinajstić information content (AvgIpc) is 2.87. The van der Waals surface area contributed by atoms with Gasteiger partial charge in [-0.25, -0.2) is 4.79 Å². The highest BCUT2D eigenvalue weighted by atomic mass is 16.5. The first-order valence-electron chi connectivity index (χ1n) is 6.48. The van der Waals surface area contributed by atoms with E-state index < -0.39 is 11.5 Å². The zero-order valence-electron chi connectivity index (χ0n) is 11.3. The van der Waals surface area contributed by atoms with Crippen LogP contribution < -0.4 is 15.8 Å². The van der Waals surface area contributed by atoms with Gasteiger partial charge in [0.2, 0.25) is 5.91 Å². The van der Waals surface area contributed by atoms with Gasteiger partial charge in [0, 0.05) is 0 Å². The summed E-state index contributed by atoms with van der Waals surface area (Å²) in [5.41, 5.74) is 5.38. The summed E-state index contributed by atoms with van der Waals surface area (Å²) in [6.07, 6.45) is 3.07. The molecule has 0 unspecified atom stereocenters. The van der Waals surface area contributed by atoms with Gasteiger partial charge in [-0.15, -0.1) is 0 Å². The quantitative estimate of drug-likeness (QED) is 0.776. The number of nitrogens with two attached hydrogens (primary N) is 1. The number of anilines is 1. The lowest BCUT2D eigenvalue weighted by molar-refractivity contribution is -0.121. The molecule has 1 aromatic carbocycles. The van der Waals surface area contributed by atoms with Gasteiger partial charge in [0.25, 0.3) is 0 Å². The number of carboxylic acids is 1. The minimum absolute atomic E-state index is 0.0145. The molecule has 0 atom stereocenters. The number of hydrogen-bond donors (Lipinski definition) is 3. The molecule has 1 saturated carbocycles. The van der Waals surface area contributed by atoms with Crippen LogP contribution in [0.3, 0.4) is 0 Å². The Morgan fingerprint density at radius 1 is 1.35 bits per heavy atom. The van der Waals surface area contributed by atoms with E-state index in [1.807, 2.05) is 0 Å². The molecule has 1 amide bonds. The smallest absolute Gasteiger partial charge is 0.337 e. The Hall–Kier alpha value is -2.08. The molecule has 0 radical (unpaired) electrons. The second kappa shape index (κ2) is 5.50. The molecule has 108 valence electrons. The first-order chi connectivity index (χ1) is 9.46. The summed E-state index contributed by atoms with van der Waals surface area (Å²) in [5.74, 6) is -1.04. The Morgan fingerprint density at radius 2 is 2.00 bits per heavy atom. The van der Waals surface area contributed by atoms with Crippen molar-refractivity contribution in [2.24, 2.45) is 5.73 Å². The summed E-state index contributed by atoms with van der Waals surface area (Å²) in [6, 6.07) is 4.48. The predicted molar refractivity (Wildman–Crippen MR) is 74.0 cm³/mol. The van der Waals surface area contributed by atoms with E-state index in [4.69, 9.17) is 10.5 Å². The largest absolute Gasteiger partial charge is 0.497 e. The summed E-state index contributed by atoms with van der Waals surface area (Å²) in [5, 5.41) is 11.8. The number of rotatable bonds is 4. The van der Waals surface area contributed by atoms with Crippen molar-refractivity contribution in [2.75, 3.05) is 12.4 Å². The van der Waals surface area contributed by atoms with Gasteiger partial charge in [-0.1, -0.05) is 12.8 Å². The number of benzene rings is 1. The Balaban J connectivity index is 2.24. The van der Waals surface area contributed by atoms with Crippen molar-refractivity contribution in [3.63, 3.8) is 0 Å². The van der Waals surface area contributed by atoms with Crippen molar-refractivity contribution in [2.45, 2.75) is 31.2 Å². The number of nitrogens with one attached hydrogen (secondary N) is 1. The average molecular weight is 278 g/mol. The van der Waals surface area contributed by atoms with E-state index in [-0.39, 0.29) is 17.2 Å². The van der Waals surface area contributed by atoms with Crippen LogP contribution in [0.15, 0.2) is 18.2 Å². The van der Waals surface area contributed by atoms with Crippen molar-refractivity contribution in [1.29, 1.82) is 0 Å². The molecule has 1 aromatic rings. The number of carbonyl (C=O) groups excluding carboxylic acids is 1. The number of carbonyl (C=O) groups is 2. The summed E-state index contributed by atoms with van der Waals surface area (Å²) < 4.78 is 4.98. The Kier molecular flexibility index (Phi) is 3.94. The van der Waals surface area contributed by atoms with Gasteiger partial charge in [0.1, 0.15) is 5.75 Å². The third-order valence-electron chi connectivity index (χ3n) is 3.65. The minimum atomic E-state index is -1.13. The van der Waals surface area contributed by atoms with Crippen LogP contribution in [0.25, 0.3) is 0 Å². The fourth-order valence-electron chi connectivity index (χ4n) is 2.42. The highest BCUT2D eigenvalue weighted by Crippen LogP contribution is 2.29. The van der Waals surface area contributed by atoms with Gasteiger partial charge in [0.15, 0.2) is 0 Å². The monoisotopic (exact) mass is 278 g/mol. The van der Waals surface area contributed by atoms with E-state index in [1.165, 1.54) is 19.2 Å². The summed E-state index contributed by atoms with van der Waals surface area (Å²) in [6.45, 7) is 0. The van der Waals surface area contributed by atoms with Crippen molar-refractivity contribution in [3.8, 4) is 5.75 Å². The van der Waals surface area contributed by atoms with Gasteiger partial charge in [-0.05, 0) is 31.0 Å². The summed E-state index contributed by atoms with van der Waals surface area (Å²) >= 11 is 0. The molecule has 20 heavy (non-hydrogen) atoms. The van der Waals surface area contributed by atoms with E-state index in [1.54, 1.807) is 6.07 Å². The zero-order chi connectivity index (χ0) is 14.8. The summed E-state index contributed by atoms with van der Waals surface area (Å²) in [7, 11) is 1.45. The van der Waals surface area contributed by atoms with E-state index in [0.29, 0.717) is 18.6 Å². The number of ether oxygens (including phenoxy) is 1. The molecule has 0 bridgehead atoms. The first kappa shape index (κ1) is 14.3. The van der Waals surface area contributed by atoms with Gasteiger partial charge in [0.05, 0.1) is 23.9 Å². The Bertz CT molecular complexity index is 536. The molecule has 0 spiro atoms. The number of hydrogen-bond acceptors (Lipinski definition) is 4. The van der Waals surface area contributed by atoms with Crippen LogP contribution in [0.4, 0.5) is 5.69 Å². The molecule has 0 saturated heterocycles. The molecule has 1 aliphatic carbocycles. The fourth-order valence-corrected chi connectivity index (χ4v) is 2.42. The second-order valence-electron chi connectivity index (χ2n) is 5.03. The maximum absolute atomic E-state index is 12.2. The molecular weight excluding hydrogens is 260 g/mol. The maximum Gasteiger partial charge on any atom is 0.337 e. The lowest BCUT2D eigenvalue weighted by Crippen LogP contribution is -2.48. The molecule has 2 rings (SSSR count). The number of aromatic carboxylic acids is 1. The van der Waals surface area contributed by atoms with Gasteiger partial charge >= 0.3 is 5.97 Å². The highest BCUT2D eigenvalue weighted by Gasteiger charge is 2.37. The fraction of sp³-hybridized carbons (Fsp3) is 0.429. The standard InChI is InChI=1S/C14H18N2O4/c1-20-9-4-5-11(10(8-9)12(17)18)16-13(19)14(15)6-2-3-7-14/h4-5,8H,2-3,6-7,15H2,1H3,(H,16,19)(H,17,18). The zero-order valence-corrected chi connectivity index (χ0v) is 11.3. The highest BCUT2D eigenvalue weighted by molar-refractivity contribution is 6.04. The van der Waals surface area contributed by atoms with Crippen LogP contribution in [0.1, 0.15) is 36.0 Å². The maximum atomic E-state index is 12.2. The third-order valence-corrected chi connectivity index (χ3v) is 3.65. The second-order valence-corrected chi connectivity index (χ2v) is 5.03. The van der Waals surface area contributed by atoms with Gasteiger partial charge in [-0.3, -0.25) is 4.79 Å². The van der Waals surface area contributed by atoms with Crippen molar-refractivity contribution >= 4 is 17.6 Å². The van der Waals surface area contributed by atoms with Gasteiger partial charge in [-0.2, -0.15) is 0 Å². The Labute approximate surface area is 116 Å². The predicted octanol–water partition coefficient (Wildman–Crippen LogP) is 1.60. The number of amides is 1. The normalized spacial score (nSPS) is 16.7. The van der Waals surface area contributed by atoms with Crippen LogP contribution in [-0.4, -0.2) is 29.6 Å². The van der Waals surface area contributed by atoms with E-state index in [0.717, 1.165) is 12.8 Å². The van der Waals surface area contributed by atoms with E-state index in [2.05, 4.69) is 5.32 Å². The third kappa shape index (κ3) is 2.75. The molecule has 0 aliphatic heterocycles. The van der Waals surface area contributed by atoms with Crippen molar-refractivity contribution in [1.82, 2.24) is 0 Å². The molecule has 0 aromatic heterocycles. The van der Waals surface area contributed by atoms with E-state index >= 15 is 0 Å². The van der Waals surface area contributed by atoms with Crippen LogP contribution in [-0.2, 0) is 4.79 Å². The lowest BCUT2D eigenvalue weighted by atomic mass is 9.97. The van der Waals surface area contributed by atoms with Crippen molar-refractivity contribution < 1.29 is 19.4 Å². The van der Waals surface area contributed by atoms with Crippen LogP contribution in [0.2, 0.25) is 0 Å². The lowest BCUT2D eigenvalue weighted by Gasteiger charge is -2.22. The molecular formula is C14H18N2O4. The molecule has 0 heterocycles. The number of methoxy groups -OCH3 is 1. The van der Waals surface area contributed by atoms with Gasteiger partial charge < -0.3 is 20.9 Å². The van der Waals surface area contributed by atoms with Crippen LogP contribution >= 0.6 is 0 Å². The van der Waals surface area contributed by atoms with Crippen molar-refractivity contribution in [3.05, 3.63) is 23.8 Å². The molecule has 1 fully saturated rings. The topological polar surface area (TPSA) is 102 Å². The molecule has 6 nitrogen and oxygen atoms in total. The summed E-state index contributed by atoms with van der Waals surface area (Å²) in [4.78, 5) is 23.4. The van der Waals surface area contributed by atoms with E-state index in [9.17, 15) is 14.7 Å². The Morgan fingerprint density at radius 3 is 2.55 bits per heavy atom.